The fraction of sp³-hybridized carbons (Fsp3) is 0.917. The van der Waals surface area contributed by atoms with Crippen molar-refractivity contribution in [2.75, 3.05) is 0 Å². The number of aliphatic hydroxyl groups excluding tert-OH is 3. The van der Waals surface area contributed by atoms with Crippen LogP contribution in [0.1, 0.15) is 33.6 Å². The summed E-state index contributed by atoms with van der Waals surface area (Å²) in [6, 6.07) is 0. The molecule has 18 heavy (non-hydrogen) atoms. The van der Waals surface area contributed by atoms with Crippen LogP contribution >= 0.6 is 0 Å². The Morgan fingerprint density at radius 3 is 2.17 bits per heavy atom. The van der Waals surface area contributed by atoms with E-state index in [2.05, 4.69) is 0 Å². The normalized spacial score (nSPS) is 37.6. The van der Waals surface area contributed by atoms with Gasteiger partial charge in [0.15, 0.2) is 6.10 Å². The van der Waals surface area contributed by atoms with Crippen molar-refractivity contribution in [3.63, 3.8) is 0 Å². The third-order valence-electron chi connectivity index (χ3n) is 3.52. The van der Waals surface area contributed by atoms with E-state index in [0.29, 0.717) is 6.42 Å². The van der Waals surface area contributed by atoms with Crippen LogP contribution in [0.15, 0.2) is 0 Å². The average Bonchev–Trinajstić information content (AvgIpc) is 2.25. The molecule has 106 valence electrons. The first-order valence-electron chi connectivity index (χ1n) is 6.15. The predicted octanol–water partition coefficient (Wildman–Crippen LogP) is -0.253. The molecular formula is C12H22O6. The third-order valence-corrected chi connectivity index (χ3v) is 3.52. The minimum absolute atomic E-state index is 0.483. The van der Waals surface area contributed by atoms with Gasteiger partial charge in [-0.15, -0.1) is 0 Å². The van der Waals surface area contributed by atoms with Crippen LogP contribution in [0, 0.1) is 5.41 Å². The summed E-state index contributed by atoms with van der Waals surface area (Å²) in [4.78, 5) is 11.0. The summed E-state index contributed by atoms with van der Waals surface area (Å²) in [5, 5.41) is 38.2. The molecule has 1 aliphatic heterocycles. The van der Waals surface area contributed by atoms with E-state index < -0.39 is 41.9 Å². The van der Waals surface area contributed by atoms with E-state index in [4.69, 9.17) is 9.84 Å². The van der Waals surface area contributed by atoms with Gasteiger partial charge in [0.1, 0.15) is 18.3 Å². The van der Waals surface area contributed by atoms with Gasteiger partial charge in [0.05, 0.1) is 6.10 Å². The van der Waals surface area contributed by atoms with E-state index in [-0.39, 0.29) is 0 Å². The molecule has 1 rings (SSSR count). The number of aliphatic carboxylic acids is 1. The van der Waals surface area contributed by atoms with Crippen molar-refractivity contribution < 1.29 is 30.0 Å². The fourth-order valence-electron chi connectivity index (χ4n) is 2.52. The summed E-state index contributed by atoms with van der Waals surface area (Å²) in [7, 11) is 0. The van der Waals surface area contributed by atoms with Crippen LogP contribution < -0.4 is 0 Å². The quantitative estimate of drug-likeness (QED) is 0.556. The highest BCUT2D eigenvalue weighted by molar-refractivity contribution is 5.73. The lowest BCUT2D eigenvalue weighted by Crippen LogP contribution is -2.63. The number of rotatable bonds is 4. The topological polar surface area (TPSA) is 107 Å². The molecule has 1 aliphatic rings. The Balaban J connectivity index is 2.95. The van der Waals surface area contributed by atoms with Gasteiger partial charge in [-0.25, -0.2) is 4.79 Å². The lowest BCUT2D eigenvalue weighted by atomic mass is 9.76. The maximum atomic E-state index is 11.0. The summed E-state index contributed by atoms with van der Waals surface area (Å²) >= 11 is 0. The summed E-state index contributed by atoms with van der Waals surface area (Å²) in [5.74, 6) is -1.34. The zero-order valence-corrected chi connectivity index (χ0v) is 10.9. The van der Waals surface area contributed by atoms with Crippen molar-refractivity contribution in [1.29, 1.82) is 0 Å². The molecule has 4 N–H and O–H groups in total. The molecule has 0 aromatic carbocycles. The minimum Gasteiger partial charge on any atom is -0.479 e. The molecule has 0 saturated carbocycles. The van der Waals surface area contributed by atoms with E-state index >= 15 is 0 Å². The lowest BCUT2D eigenvalue weighted by molar-refractivity contribution is -0.248. The van der Waals surface area contributed by atoms with Gasteiger partial charge >= 0.3 is 5.97 Å². The predicted molar refractivity (Wildman–Crippen MR) is 63.0 cm³/mol. The molecule has 6 nitrogen and oxygen atoms in total. The number of carboxylic acid groups (broad SMARTS) is 1. The van der Waals surface area contributed by atoms with Crippen LogP contribution in [0.4, 0.5) is 0 Å². The van der Waals surface area contributed by atoms with Gasteiger partial charge in [-0.3, -0.25) is 0 Å². The zero-order chi connectivity index (χ0) is 14.1. The molecule has 0 aliphatic carbocycles. The Morgan fingerprint density at radius 1 is 1.17 bits per heavy atom. The highest BCUT2D eigenvalue weighted by Crippen LogP contribution is 2.36. The second-order valence-corrected chi connectivity index (χ2v) is 5.53. The minimum atomic E-state index is -1.62. The van der Waals surface area contributed by atoms with Crippen molar-refractivity contribution in [2.24, 2.45) is 5.41 Å². The fourth-order valence-corrected chi connectivity index (χ4v) is 2.52. The highest BCUT2D eigenvalue weighted by atomic mass is 16.6. The van der Waals surface area contributed by atoms with Crippen LogP contribution in [0.25, 0.3) is 0 Å². The van der Waals surface area contributed by atoms with E-state index in [0.717, 1.165) is 6.42 Å². The van der Waals surface area contributed by atoms with E-state index in [1.165, 1.54) is 0 Å². The van der Waals surface area contributed by atoms with Crippen LogP contribution in [-0.4, -0.2) is 56.9 Å². The number of ether oxygens (including phenoxy) is 1. The molecule has 0 bridgehead atoms. The molecule has 6 heteroatoms. The van der Waals surface area contributed by atoms with Crippen LogP contribution in [0.3, 0.4) is 0 Å². The summed E-state index contributed by atoms with van der Waals surface area (Å²) in [6.07, 6.45) is -5.20. The zero-order valence-electron chi connectivity index (χ0n) is 10.9. The van der Waals surface area contributed by atoms with Gasteiger partial charge in [-0.05, 0) is 11.8 Å². The molecule has 0 amide bonds. The Bertz CT molecular complexity index is 303. The van der Waals surface area contributed by atoms with Crippen molar-refractivity contribution in [3.8, 4) is 0 Å². The first kappa shape index (κ1) is 15.4. The largest absolute Gasteiger partial charge is 0.479 e. The van der Waals surface area contributed by atoms with Crippen LogP contribution in [-0.2, 0) is 9.53 Å². The summed E-state index contributed by atoms with van der Waals surface area (Å²) in [5.41, 5.74) is -0.483. The second-order valence-electron chi connectivity index (χ2n) is 5.53. The molecule has 0 aromatic heterocycles. The van der Waals surface area contributed by atoms with E-state index in [1.807, 2.05) is 20.8 Å². The Labute approximate surface area is 106 Å². The number of carboxylic acids is 1. The Hall–Kier alpha value is -0.690. The number of hydrogen-bond donors (Lipinski definition) is 4. The Kier molecular flexibility index (Phi) is 4.72. The van der Waals surface area contributed by atoms with Crippen molar-refractivity contribution in [1.82, 2.24) is 0 Å². The smallest absolute Gasteiger partial charge is 0.335 e. The molecule has 0 spiro atoms. The van der Waals surface area contributed by atoms with Crippen LogP contribution in [0.5, 0.6) is 0 Å². The number of hydrogen-bond acceptors (Lipinski definition) is 5. The Morgan fingerprint density at radius 2 is 1.72 bits per heavy atom. The van der Waals surface area contributed by atoms with E-state index in [9.17, 15) is 20.1 Å². The standard InChI is InChI=1S/C12H22O6/c1-4-5-12(2,3)10-8(15)6(13)7(14)9(18-10)11(16)17/h6-10,13-15H,4-5H2,1-3H3,(H,16,17). The maximum absolute atomic E-state index is 11.0. The molecule has 1 heterocycles. The second kappa shape index (κ2) is 5.52. The molecule has 1 saturated heterocycles. The molecule has 1 fully saturated rings. The maximum Gasteiger partial charge on any atom is 0.335 e. The van der Waals surface area contributed by atoms with Gasteiger partial charge in [-0.1, -0.05) is 27.2 Å². The molecule has 5 unspecified atom stereocenters. The first-order chi connectivity index (χ1) is 8.22. The first-order valence-corrected chi connectivity index (χ1v) is 6.15. The van der Waals surface area contributed by atoms with Gasteiger partial charge in [0.25, 0.3) is 0 Å². The molecule has 5 atom stereocenters. The van der Waals surface area contributed by atoms with Crippen LogP contribution in [0.2, 0.25) is 0 Å². The van der Waals surface area contributed by atoms with Gasteiger partial charge in [-0.2, -0.15) is 0 Å². The van der Waals surface area contributed by atoms with Crippen molar-refractivity contribution in [2.45, 2.75) is 64.1 Å². The SMILES string of the molecule is CCCC(C)(C)C1OC(C(=O)O)C(O)C(O)C1O. The monoisotopic (exact) mass is 262 g/mol. The van der Waals surface area contributed by atoms with E-state index in [1.54, 1.807) is 0 Å². The number of aliphatic hydroxyl groups is 3. The lowest BCUT2D eigenvalue weighted by Gasteiger charge is -2.45. The summed E-state index contributed by atoms with van der Waals surface area (Å²) < 4.78 is 5.30. The molecular weight excluding hydrogens is 240 g/mol. The third kappa shape index (κ3) is 2.83. The average molecular weight is 262 g/mol. The van der Waals surface area contributed by atoms with Crippen molar-refractivity contribution in [3.05, 3.63) is 0 Å². The summed E-state index contributed by atoms with van der Waals surface area (Å²) in [6.45, 7) is 5.65. The van der Waals surface area contributed by atoms with Gasteiger partial charge in [0, 0.05) is 0 Å². The van der Waals surface area contributed by atoms with Crippen molar-refractivity contribution >= 4 is 5.97 Å². The van der Waals surface area contributed by atoms with Gasteiger partial charge < -0.3 is 25.2 Å². The molecule has 0 radical (unpaired) electrons. The highest BCUT2D eigenvalue weighted by Gasteiger charge is 2.51. The number of carbonyl (C=O) groups is 1. The molecule has 0 aromatic rings. The van der Waals surface area contributed by atoms with Gasteiger partial charge in [0.2, 0.25) is 0 Å².